The van der Waals surface area contributed by atoms with Crippen LogP contribution in [0, 0.1) is 0 Å². The molecule has 0 fully saturated rings. The molecule has 0 amide bonds. The van der Waals surface area contributed by atoms with Gasteiger partial charge in [-0.05, 0) is 237 Å². The number of aromatic nitrogens is 2. The third-order valence-electron chi connectivity index (χ3n) is 23.4. The van der Waals surface area contributed by atoms with Crippen LogP contribution in [0.25, 0.3) is 144 Å². The number of fused-ring (bicyclic) bond motifs is 10. The van der Waals surface area contributed by atoms with Crippen molar-refractivity contribution in [1.29, 1.82) is 0 Å². The molecular formula is C114H91BN4. The van der Waals surface area contributed by atoms with E-state index >= 15 is 0 Å². The number of anilines is 6. The van der Waals surface area contributed by atoms with E-state index in [2.05, 4.69) is 102 Å². The number of rotatable bonds is 12. The molecule has 2 aliphatic heterocycles. The van der Waals surface area contributed by atoms with Crippen LogP contribution in [0.15, 0.2) is 388 Å². The molecule has 119 heavy (non-hydrogen) atoms. The molecule has 570 valence electrons. The average molecular weight is 1550 g/mol. The molecule has 0 saturated heterocycles. The van der Waals surface area contributed by atoms with Gasteiger partial charge in [0.1, 0.15) is 0 Å². The molecule has 0 radical (unpaired) electrons. The largest absolute Gasteiger partial charge is 0.310 e. The number of hydrogen-bond donors (Lipinski definition) is 0. The zero-order chi connectivity index (χ0) is 99.7. The summed E-state index contributed by atoms with van der Waals surface area (Å²) in [5, 5.41) is -1.46. The van der Waals surface area contributed by atoms with Crippen molar-refractivity contribution in [3.05, 3.63) is 404 Å². The average Bonchev–Trinajstić information content (AvgIpc) is 1.66. The number of nitrogens with zero attached hydrogens (tertiary/aromatic N) is 4. The zero-order valence-electron chi connectivity index (χ0n) is 89.1. The van der Waals surface area contributed by atoms with Crippen LogP contribution in [-0.4, -0.2) is 15.8 Å². The lowest BCUT2D eigenvalue weighted by Crippen LogP contribution is -2.61. The summed E-state index contributed by atoms with van der Waals surface area (Å²) >= 11 is 0. The minimum atomic E-state index is -1.72. The van der Waals surface area contributed by atoms with E-state index in [1.165, 1.54) is 0 Å². The maximum Gasteiger partial charge on any atom is 0.252 e. The first-order chi connectivity index (χ1) is 67.1. The molecule has 0 N–H and O–H groups in total. The van der Waals surface area contributed by atoms with Gasteiger partial charge < -0.3 is 18.9 Å². The van der Waals surface area contributed by atoms with E-state index in [-0.39, 0.29) is 55.2 Å². The van der Waals surface area contributed by atoms with Crippen molar-refractivity contribution in [2.45, 2.75) is 78.6 Å². The van der Waals surface area contributed by atoms with Gasteiger partial charge in [-0.3, -0.25) is 0 Å². The fraction of sp³-hybridized carbons (Fsp3) is 0.105. The smallest absolute Gasteiger partial charge is 0.252 e. The highest BCUT2D eigenvalue weighted by atomic mass is 15.2. The van der Waals surface area contributed by atoms with Crippen molar-refractivity contribution in [3.8, 4) is 100 Å². The van der Waals surface area contributed by atoms with E-state index in [0.717, 1.165) is 64.8 Å². The molecule has 0 unspecified atom stereocenters. The maximum atomic E-state index is 12.3. The lowest BCUT2D eigenvalue weighted by molar-refractivity contribution is 0.590. The van der Waals surface area contributed by atoms with E-state index in [0.29, 0.717) is 66.9 Å². The van der Waals surface area contributed by atoms with Gasteiger partial charge in [-0.25, -0.2) is 0 Å². The molecule has 17 aromatic carbocycles. The fourth-order valence-corrected chi connectivity index (χ4v) is 17.4. The van der Waals surface area contributed by atoms with Gasteiger partial charge >= 0.3 is 0 Å². The molecule has 0 spiro atoms. The summed E-state index contributed by atoms with van der Waals surface area (Å²) < 4.78 is 228. The van der Waals surface area contributed by atoms with Crippen LogP contribution in [0.5, 0.6) is 0 Å². The molecule has 0 bridgehead atoms. The molecule has 2 aromatic heterocycles. The van der Waals surface area contributed by atoms with Crippen LogP contribution in [0.3, 0.4) is 0 Å². The molecule has 0 aliphatic carbocycles. The molecule has 4 nitrogen and oxygen atoms in total. The summed E-state index contributed by atoms with van der Waals surface area (Å²) in [6.45, 7) is 17.1. The summed E-state index contributed by atoms with van der Waals surface area (Å²) in [4.78, 5) is 3.87. The van der Waals surface area contributed by atoms with Crippen LogP contribution in [0.1, 0.15) is 109 Å². The van der Waals surface area contributed by atoms with Crippen molar-refractivity contribution in [2.75, 3.05) is 9.80 Å². The van der Waals surface area contributed by atoms with E-state index < -0.39 is 189 Å². The molecular weight excluding hydrogens is 1440 g/mol. The summed E-state index contributed by atoms with van der Waals surface area (Å²) in [6.07, 6.45) is 0. The SMILES string of the molecule is [2H]c1c([2H])c(-n2c3c([2H])c([2H])c([2H])c([2H])c3c3c([2H])c([2H])c([2H])c([2H])c32)c([2H])c2c1B1c3c(cc(C(C)(C)C)cc3N(c3c(-c4cc(-c5ccccc5)cc(-c5ccccc5)c4)cc(C(C)(C)C)cc3-c3cc(-c4ccccc4)cc(-c4ccccc4)c3)c3c([2H])c(-n4c5c([2H])c([2H])c([2H])c([2H])c5c5c([2H])c([2H])c([2H])c([2H])c54)c([2H])c([2H])c31)N2c1c(-c2ccccc2)cc(C(C)(C)C)cc1-c1ccccc1. The van der Waals surface area contributed by atoms with Gasteiger partial charge in [0.05, 0.1) is 63.6 Å². The Hall–Kier alpha value is -14.0. The highest BCUT2D eigenvalue weighted by molar-refractivity contribution is 7.00. The first-order valence-corrected chi connectivity index (χ1v) is 40.2. The molecule has 19 aromatic rings. The van der Waals surface area contributed by atoms with Gasteiger partial charge in [-0.15, -0.1) is 0 Å². The normalized spacial score (nSPS) is 15.3. The van der Waals surface area contributed by atoms with Crippen molar-refractivity contribution < 1.29 is 30.2 Å². The van der Waals surface area contributed by atoms with Crippen LogP contribution < -0.4 is 26.2 Å². The Morgan fingerprint density at radius 3 is 0.782 bits per heavy atom. The highest BCUT2D eigenvalue weighted by Crippen LogP contribution is 2.57. The predicted octanol–water partition coefficient (Wildman–Crippen LogP) is 29.2. The summed E-state index contributed by atoms with van der Waals surface area (Å²) in [5.74, 6) is 0. The van der Waals surface area contributed by atoms with E-state index in [1.54, 1.807) is 0 Å². The standard InChI is InChI=1S/C114H91BN4/c1-112(2,3)86-66-95(78-44-24-14-25-45-78)110(96(67-86)79-46-26-15-27-47-79)118-105-72-89(116-101-52-32-28-48-91(101)92-49-29-33-53-102(92)116)56-58-99(105)115-100-59-57-90(117-103-54-34-30-50-93(103)94-51-31-35-55-104(94)117)73-106(100)119(108-71-88(114(7,8)9)70-107(118)109(108)115)111-97(84-62-80(74-36-16-10-17-37-74)60-81(63-84)75-38-18-11-19-39-75)68-87(113(4,5)6)69-98(111)85-64-82(76-40-20-12-21-41-76)61-83(65-85)77-42-22-13-23-43-77/h10-73H,1-9H3/i28D,29D,30D,31D,32D,33D,34D,35D,48D,49D,50D,51D,52D,53D,54D,55D,56D,57D,58D,59D,72D,73D. The van der Waals surface area contributed by atoms with Crippen molar-refractivity contribution in [3.63, 3.8) is 0 Å². The second-order valence-corrected chi connectivity index (χ2v) is 34.0. The molecule has 0 saturated carbocycles. The first-order valence-electron chi connectivity index (χ1n) is 51.2. The Balaban J connectivity index is 1.05. The summed E-state index contributed by atoms with van der Waals surface area (Å²) in [5.41, 5.74) is 9.42. The summed E-state index contributed by atoms with van der Waals surface area (Å²) in [6, 6.07) is 68.6. The topological polar surface area (TPSA) is 16.3 Å². The highest BCUT2D eigenvalue weighted by Gasteiger charge is 2.47. The first kappa shape index (κ1) is 52.6. The van der Waals surface area contributed by atoms with Gasteiger partial charge in [-0.1, -0.05) is 329 Å². The van der Waals surface area contributed by atoms with Gasteiger partial charge in [0.2, 0.25) is 0 Å². The van der Waals surface area contributed by atoms with Crippen LogP contribution in [0.2, 0.25) is 0 Å². The molecule has 5 heteroatoms. The fourth-order valence-electron chi connectivity index (χ4n) is 17.4. The van der Waals surface area contributed by atoms with E-state index in [1.807, 2.05) is 225 Å². The second-order valence-electron chi connectivity index (χ2n) is 34.0. The minimum absolute atomic E-state index is 0.177. The van der Waals surface area contributed by atoms with Gasteiger partial charge in [-0.2, -0.15) is 0 Å². The van der Waals surface area contributed by atoms with E-state index in [4.69, 9.17) is 0 Å². The third-order valence-corrected chi connectivity index (χ3v) is 23.4. The Morgan fingerprint density at radius 1 is 0.244 bits per heavy atom. The Labute approximate surface area is 729 Å². The number of para-hydroxylation sites is 4. The predicted molar refractivity (Wildman–Crippen MR) is 509 cm³/mol. The number of hydrogen-bond acceptors (Lipinski definition) is 2. The Kier molecular flexibility index (Phi) is 12.6. The Bertz CT molecular complexity index is 8130. The second kappa shape index (κ2) is 28.4. The van der Waals surface area contributed by atoms with Gasteiger partial charge in [0.15, 0.2) is 0 Å². The quantitative estimate of drug-likeness (QED) is 0.113. The molecule has 0 atom stereocenters. The van der Waals surface area contributed by atoms with E-state index in [9.17, 15) is 30.2 Å². The number of benzene rings is 17. The van der Waals surface area contributed by atoms with Gasteiger partial charge in [0.25, 0.3) is 6.71 Å². The van der Waals surface area contributed by atoms with Crippen LogP contribution in [0.4, 0.5) is 34.1 Å². The zero-order valence-corrected chi connectivity index (χ0v) is 67.1. The lowest BCUT2D eigenvalue weighted by Gasteiger charge is -2.47. The van der Waals surface area contributed by atoms with Gasteiger partial charge in [0, 0.05) is 77.9 Å². The minimum Gasteiger partial charge on any atom is -0.310 e. The van der Waals surface area contributed by atoms with Crippen LogP contribution in [-0.2, 0) is 16.2 Å². The molecule has 4 heterocycles. The maximum absolute atomic E-state index is 12.3. The Morgan fingerprint density at radius 2 is 0.496 bits per heavy atom. The lowest BCUT2D eigenvalue weighted by atomic mass is 9.33. The van der Waals surface area contributed by atoms with Crippen molar-refractivity contribution in [2.24, 2.45) is 0 Å². The van der Waals surface area contributed by atoms with Crippen molar-refractivity contribution >= 4 is 101 Å². The molecule has 2 aliphatic rings. The molecule has 21 rings (SSSR count). The monoisotopic (exact) mass is 1550 g/mol. The summed E-state index contributed by atoms with van der Waals surface area (Å²) in [7, 11) is 0. The third kappa shape index (κ3) is 12.5. The van der Waals surface area contributed by atoms with Crippen molar-refractivity contribution in [1.82, 2.24) is 9.13 Å². The van der Waals surface area contributed by atoms with Crippen LogP contribution >= 0.6 is 0 Å².